The number of rotatable bonds is 2. The fraction of sp³-hybridized carbons (Fsp3) is 0.500. The lowest BCUT2D eigenvalue weighted by Gasteiger charge is -2.24. The number of hydrogen-bond acceptors (Lipinski definition) is 3. The molecular formula is C16H19N3O. The quantitative estimate of drug-likeness (QED) is 0.866. The molecule has 1 heterocycles. The SMILES string of the molecule is N#Cc1ccccc1NC(=O)C1CC2CCCCC2N1. The Morgan fingerprint density at radius 1 is 1.30 bits per heavy atom. The number of anilines is 1. The standard InChI is InChI=1S/C16H19N3O/c17-10-12-6-2-4-8-14(12)19-16(20)15-9-11-5-1-3-7-13(11)18-15/h2,4,6,8,11,13,15,18H,1,3,5,7,9H2,(H,19,20). The van der Waals surface area contributed by atoms with Gasteiger partial charge in [0.05, 0.1) is 17.3 Å². The van der Waals surface area contributed by atoms with Crippen LogP contribution in [-0.2, 0) is 4.79 Å². The zero-order chi connectivity index (χ0) is 13.9. The number of hydrogen-bond donors (Lipinski definition) is 2. The summed E-state index contributed by atoms with van der Waals surface area (Å²) in [7, 11) is 0. The van der Waals surface area contributed by atoms with E-state index < -0.39 is 0 Å². The molecule has 20 heavy (non-hydrogen) atoms. The normalized spacial score (nSPS) is 28.4. The lowest BCUT2D eigenvalue weighted by atomic mass is 9.85. The first kappa shape index (κ1) is 13.1. The van der Waals surface area contributed by atoms with Gasteiger partial charge in [0, 0.05) is 6.04 Å². The summed E-state index contributed by atoms with van der Waals surface area (Å²) >= 11 is 0. The Morgan fingerprint density at radius 2 is 2.10 bits per heavy atom. The molecule has 2 aliphatic rings. The molecule has 3 atom stereocenters. The summed E-state index contributed by atoms with van der Waals surface area (Å²) in [6.07, 6.45) is 5.89. The number of amides is 1. The second kappa shape index (κ2) is 5.64. The summed E-state index contributed by atoms with van der Waals surface area (Å²) < 4.78 is 0. The van der Waals surface area contributed by atoms with Crippen molar-refractivity contribution in [1.29, 1.82) is 5.26 Å². The van der Waals surface area contributed by atoms with Gasteiger partial charge in [0.1, 0.15) is 6.07 Å². The Hall–Kier alpha value is -1.86. The third-order valence-corrected chi connectivity index (χ3v) is 4.48. The van der Waals surface area contributed by atoms with Crippen LogP contribution < -0.4 is 10.6 Å². The minimum absolute atomic E-state index is 0.0119. The Balaban J connectivity index is 1.67. The fourth-order valence-corrected chi connectivity index (χ4v) is 3.43. The molecular weight excluding hydrogens is 250 g/mol. The molecule has 0 bridgehead atoms. The van der Waals surface area contributed by atoms with Gasteiger partial charge in [0.15, 0.2) is 0 Å². The van der Waals surface area contributed by atoms with Gasteiger partial charge in [-0.05, 0) is 37.3 Å². The summed E-state index contributed by atoms with van der Waals surface area (Å²) in [4.78, 5) is 12.3. The summed E-state index contributed by atoms with van der Waals surface area (Å²) in [5, 5.41) is 15.4. The maximum atomic E-state index is 12.3. The number of carbonyl (C=O) groups excluding carboxylic acids is 1. The van der Waals surface area contributed by atoms with Crippen molar-refractivity contribution in [2.24, 2.45) is 5.92 Å². The van der Waals surface area contributed by atoms with E-state index in [1.807, 2.05) is 6.07 Å². The molecule has 1 aliphatic carbocycles. The molecule has 1 aliphatic heterocycles. The van der Waals surface area contributed by atoms with Gasteiger partial charge in [-0.2, -0.15) is 5.26 Å². The van der Waals surface area contributed by atoms with Crippen molar-refractivity contribution >= 4 is 11.6 Å². The van der Waals surface area contributed by atoms with E-state index in [1.54, 1.807) is 18.2 Å². The van der Waals surface area contributed by atoms with E-state index in [4.69, 9.17) is 5.26 Å². The first-order chi connectivity index (χ1) is 9.78. The minimum Gasteiger partial charge on any atom is -0.324 e. The maximum absolute atomic E-state index is 12.3. The molecule has 1 aromatic carbocycles. The fourth-order valence-electron chi connectivity index (χ4n) is 3.43. The van der Waals surface area contributed by atoms with Gasteiger partial charge in [-0.15, -0.1) is 0 Å². The highest BCUT2D eigenvalue weighted by molar-refractivity contribution is 5.96. The summed E-state index contributed by atoms with van der Waals surface area (Å²) in [6.45, 7) is 0. The molecule has 104 valence electrons. The molecule has 4 heteroatoms. The molecule has 1 amide bonds. The molecule has 1 saturated heterocycles. The highest BCUT2D eigenvalue weighted by Gasteiger charge is 2.38. The van der Waals surface area contributed by atoms with Crippen LogP contribution in [0.25, 0.3) is 0 Å². The number of nitriles is 1. The largest absolute Gasteiger partial charge is 0.324 e. The number of nitrogens with zero attached hydrogens (tertiary/aromatic N) is 1. The Bertz CT molecular complexity index is 535. The summed E-state index contributed by atoms with van der Waals surface area (Å²) in [5.74, 6) is 0.632. The molecule has 0 aromatic heterocycles. The van der Waals surface area contributed by atoms with Gasteiger partial charge in [-0.25, -0.2) is 0 Å². The van der Waals surface area contributed by atoms with Crippen molar-refractivity contribution in [2.45, 2.75) is 44.2 Å². The minimum atomic E-state index is -0.116. The smallest absolute Gasteiger partial charge is 0.241 e. The topological polar surface area (TPSA) is 64.9 Å². The monoisotopic (exact) mass is 269 g/mol. The predicted molar refractivity (Wildman–Crippen MR) is 77.1 cm³/mol. The van der Waals surface area contributed by atoms with E-state index >= 15 is 0 Å². The second-order valence-electron chi connectivity index (χ2n) is 5.75. The van der Waals surface area contributed by atoms with Crippen LogP contribution in [0, 0.1) is 17.2 Å². The third kappa shape index (κ3) is 2.54. The number of para-hydroxylation sites is 1. The van der Waals surface area contributed by atoms with E-state index in [2.05, 4.69) is 16.7 Å². The van der Waals surface area contributed by atoms with Crippen molar-refractivity contribution in [2.75, 3.05) is 5.32 Å². The van der Waals surface area contributed by atoms with Gasteiger partial charge in [-0.3, -0.25) is 4.79 Å². The lowest BCUT2D eigenvalue weighted by Crippen LogP contribution is -2.40. The van der Waals surface area contributed by atoms with Gasteiger partial charge in [0.25, 0.3) is 0 Å². The molecule has 0 radical (unpaired) electrons. The number of benzene rings is 1. The highest BCUT2D eigenvalue weighted by Crippen LogP contribution is 2.33. The zero-order valence-electron chi connectivity index (χ0n) is 11.4. The van der Waals surface area contributed by atoms with Gasteiger partial charge >= 0.3 is 0 Å². The molecule has 4 nitrogen and oxygen atoms in total. The number of carbonyl (C=O) groups is 1. The van der Waals surface area contributed by atoms with E-state index in [0.717, 1.165) is 6.42 Å². The van der Waals surface area contributed by atoms with Crippen LogP contribution in [0.2, 0.25) is 0 Å². The van der Waals surface area contributed by atoms with E-state index in [-0.39, 0.29) is 11.9 Å². The van der Waals surface area contributed by atoms with Crippen molar-refractivity contribution in [3.05, 3.63) is 29.8 Å². The summed E-state index contributed by atoms with van der Waals surface area (Å²) in [5.41, 5.74) is 1.12. The van der Waals surface area contributed by atoms with E-state index in [9.17, 15) is 4.79 Å². The maximum Gasteiger partial charge on any atom is 0.241 e. The average molecular weight is 269 g/mol. The van der Waals surface area contributed by atoms with Crippen LogP contribution in [0.3, 0.4) is 0 Å². The Morgan fingerprint density at radius 3 is 2.90 bits per heavy atom. The van der Waals surface area contributed by atoms with Gasteiger partial charge < -0.3 is 10.6 Å². The molecule has 1 saturated carbocycles. The van der Waals surface area contributed by atoms with Crippen molar-refractivity contribution in [3.8, 4) is 6.07 Å². The molecule has 3 rings (SSSR count). The van der Waals surface area contributed by atoms with E-state index in [1.165, 1.54) is 25.7 Å². The Labute approximate surface area is 119 Å². The third-order valence-electron chi connectivity index (χ3n) is 4.48. The van der Waals surface area contributed by atoms with Crippen LogP contribution in [-0.4, -0.2) is 18.0 Å². The number of nitrogens with one attached hydrogen (secondary N) is 2. The summed E-state index contributed by atoms with van der Waals surface area (Å²) in [6, 6.07) is 9.63. The van der Waals surface area contributed by atoms with Crippen LogP contribution in [0.15, 0.2) is 24.3 Å². The van der Waals surface area contributed by atoms with Gasteiger partial charge in [-0.1, -0.05) is 25.0 Å². The molecule has 2 fully saturated rings. The Kier molecular flexibility index (Phi) is 3.70. The van der Waals surface area contributed by atoms with Crippen molar-refractivity contribution in [1.82, 2.24) is 5.32 Å². The predicted octanol–water partition coefficient (Wildman–Crippen LogP) is 2.42. The van der Waals surface area contributed by atoms with E-state index in [0.29, 0.717) is 23.2 Å². The lowest BCUT2D eigenvalue weighted by molar-refractivity contribution is -0.117. The van der Waals surface area contributed by atoms with Crippen LogP contribution >= 0.6 is 0 Å². The zero-order valence-corrected chi connectivity index (χ0v) is 11.4. The van der Waals surface area contributed by atoms with Crippen LogP contribution in [0.1, 0.15) is 37.7 Å². The van der Waals surface area contributed by atoms with Crippen molar-refractivity contribution < 1.29 is 4.79 Å². The van der Waals surface area contributed by atoms with Crippen LogP contribution in [0.5, 0.6) is 0 Å². The number of fused-ring (bicyclic) bond motifs is 1. The van der Waals surface area contributed by atoms with Crippen LogP contribution in [0.4, 0.5) is 5.69 Å². The van der Waals surface area contributed by atoms with Gasteiger partial charge in [0.2, 0.25) is 5.91 Å². The first-order valence-corrected chi connectivity index (χ1v) is 7.34. The molecule has 0 spiro atoms. The average Bonchev–Trinajstić information content (AvgIpc) is 2.92. The molecule has 2 N–H and O–H groups in total. The molecule has 1 aromatic rings. The highest BCUT2D eigenvalue weighted by atomic mass is 16.2. The first-order valence-electron chi connectivity index (χ1n) is 7.34. The van der Waals surface area contributed by atoms with Crippen molar-refractivity contribution in [3.63, 3.8) is 0 Å². The second-order valence-corrected chi connectivity index (χ2v) is 5.75. The molecule has 3 unspecified atom stereocenters.